The van der Waals surface area contributed by atoms with Gasteiger partial charge in [-0.2, -0.15) is 4.31 Å². The summed E-state index contributed by atoms with van der Waals surface area (Å²) in [5.74, 6) is 1.40. The zero-order chi connectivity index (χ0) is 20.4. The first kappa shape index (κ1) is 20.6. The monoisotopic (exact) mass is 437 g/mol. The Kier molecular flexibility index (Phi) is 6.10. The lowest BCUT2D eigenvalue weighted by molar-refractivity contribution is 0.0625. The smallest absolute Gasteiger partial charge is 0.264 e. The third-order valence-corrected chi connectivity index (χ3v) is 9.19. The maximum Gasteiger partial charge on any atom is 0.264 e. The summed E-state index contributed by atoms with van der Waals surface area (Å²) in [7, 11) is -3.50. The van der Waals surface area contributed by atoms with E-state index >= 15 is 0 Å². The zero-order valence-electron chi connectivity index (χ0n) is 16.6. The van der Waals surface area contributed by atoms with Crippen molar-refractivity contribution in [1.29, 1.82) is 0 Å². The van der Waals surface area contributed by atoms with Gasteiger partial charge in [-0.15, -0.1) is 11.3 Å². The Morgan fingerprint density at radius 2 is 1.83 bits per heavy atom. The van der Waals surface area contributed by atoms with Crippen molar-refractivity contribution in [2.75, 3.05) is 39.3 Å². The van der Waals surface area contributed by atoms with Crippen LogP contribution in [-0.4, -0.2) is 67.7 Å². The first-order valence-electron chi connectivity index (χ1n) is 10.1. The topological polar surface area (TPSA) is 74.1 Å². The molecule has 1 amide bonds. The van der Waals surface area contributed by atoms with Crippen molar-refractivity contribution in [1.82, 2.24) is 14.1 Å². The molecule has 2 saturated heterocycles. The van der Waals surface area contributed by atoms with E-state index in [1.807, 2.05) is 17.0 Å². The highest BCUT2D eigenvalue weighted by Gasteiger charge is 2.31. The number of carbonyl (C=O) groups is 1. The standard InChI is InChI=1S/C20H27N3O4S2/c1-16-6-8-23(9-7-16)29(25,26)19-5-4-18(28-19)20(24)22-12-10-21(11-13-22)15-17-3-2-14-27-17/h2-5,14,16H,6-13,15H2,1H3. The van der Waals surface area contributed by atoms with Crippen LogP contribution in [0.3, 0.4) is 0 Å². The summed E-state index contributed by atoms with van der Waals surface area (Å²) in [6.45, 7) is 6.81. The van der Waals surface area contributed by atoms with E-state index in [2.05, 4.69) is 11.8 Å². The maximum atomic E-state index is 12.9. The van der Waals surface area contributed by atoms with Gasteiger partial charge in [0.15, 0.2) is 0 Å². The van der Waals surface area contributed by atoms with E-state index in [1.54, 1.807) is 22.7 Å². The number of carbonyl (C=O) groups excluding carboxylic acids is 1. The predicted octanol–water partition coefficient (Wildman–Crippen LogP) is 2.72. The third kappa shape index (κ3) is 4.58. The van der Waals surface area contributed by atoms with Crippen LogP contribution in [0.1, 0.15) is 35.2 Å². The SMILES string of the molecule is CC1CCN(S(=O)(=O)c2ccc(C(=O)N3CCN(Cc4ccco4)CC3)s2)CC1. The molecule has 0 radical (unpaired) electrons. The van der Waals surface area contributed by atoms with Gasteiger partial charge in [-0.25, -0.2) is 8.42 Å². The number of rotatable bonds is 5. The molecule has 0 aromatic carbocycles. The van der Waals surface area contributed by atoms with Crippen LogP contribution in [0, 0.1) is 5.92 Å². The highest BCUT2D eigenvalue weighted by atomic mass is 32.2. The van der Waals surface area contributed by atoms with Gasteiger partial charge in [-0.1, -0.05) is 6.92 Å². The van der Waals surface area contributed by atoms with E-state index in [1.165, 1.54) is 0 Å². The number of amides is 1. The molecular formula is C20H27N3O4S2. The van der Waals surface area contributed by atoms with Crippen LogP contribution in [0.15, 0.2) is 39.2 Å². The highest BCUT2D eigenvalue weighted by molar-refractivity contribution is 7.91. The van der Waals surface area contributed by atoms with Crippen molar-refractivity contribution in [2.45, 2.75) is 30.5 Å². The summed E-state index contributed by atoms with van der Waals surface area (Å²) in [5, 5.41) is 0. The van der Waals surface area contributed by atoms with E-state index < -0.39 is 10.0 Å². The number of furan rings is 1. The van der Waals surface area contributed by atoms with Crippen molar-refractivity contribution >= 4 is 27.3 Å². The number of thiophene rings is 1. The Morgan fingerprint density at radius 3 is 2.48 bits per heavy atom. The predicted molar refractivity (Wildman–Crippen MR) is 111 cm³/mol. The minimum absolute atomic E-state index is 0.0821. The average molecular weight is 438 g/mol. The van der Waals surface area contributed by atoms with E-state index in [9.17, 15) is 13.2 Å². The minimum Gasteiger partial charge on any atom is -0.468 e. The Morgan fingerprint density at radius 1 is 1.10 bits per heavy atom. The summed E-state index contributed by atoms with van der Waals surface area (Å²) in [6, 6.07) is 7.07. The number of sulfonamides is 1. The maximum absolute atomic E-state index is 12.9. The van der Waals surface area contributed by atoms with Crippen LogP contribution in [0.25, 0.3) is 0 Å². The lowest BCUT2D eigenvalue weighted by Gasteiger charge is -2.34. The molecule has 158 valence electrons. The molecule has 0 aliphatic carbocycles. The van der Waals surface area contributed by atoms with Crippen LogP contribution >= 0.6 is 11.3 Å². The van der Waals surface area contributed by atoms with Crippen LogP contribution in [0.5, 0.6) is 0 Å². The van der Waals surface area contributed by atoms with Crippen LogP contribution in [0.4, 0.5) is 0 Å². The van der Waals surface area contributed by atoms with Crippen molar-refractivity contribution in [2.24, 2.45) is 5.92 Å². The molecule has 9 heteroatoms. The van der Waals surface area contributed by atoms with E-state index in [4.69, 9.17) is 4.42 Å². The lowest BCUT2D eigenvalue weighted by Crippen LogP contribution is -2.48. The van der Waals surface area contributed by atoms with E-state index in [0.717, 1.165) is 49.6 Å². The number of hydrogen-bond donors (Lipinski definition) is 0. The quantitative estimate of drug-likeness (QED) is 0.719. The number of nitrogens with zero attached hydrogens (tertiary/aromatic N) is 3. The molecule has 2 aromatic heterocycles. The van der Waals surface area contributed by atoms with Gasteiger partial charge in [-0.3, -0.25) is 9.69 Å². The molecule has 29 heavy (non-hydrogen) atoms. The van der Waals surface area contributed by atoms with Gasteiger partial charge in [0.2, 0.25) is 0 Å². The normalized spacial score (nSPS) is 20.2. The molecule has 0 bridgehead atoms. The first-order valence-corrected chi connectivity index (χ1v) is 12.3. The largest absolute Gasteiger partial charge is 0.468 e. The second-order valence-electron chi connectivity index (χ2n) is 7.85. The van der Waals surface area contributed by atoms with Crippen molar-refractivity contribution < 1.29 is 17.6 Å². The van der Waals surface area contributed by atoms with Gasteiger partial charge in [-0.05, 0) is 43.0 Å². The molecule has 0 atom stereocenters. The molecule has 2 aliphatic heterocycles. The fraction of sp³-hybridized carbons (Fsp3) is 0.550. The van der Waals surface area contributed by atoms with Crippen molar-refractivity contribution in [3.63, 3.8) is 0 Å². The second-order valence-corrected chi connectivity index (χ2v) is 11.1. The Labute approximate surface area is 175 Å². The van der Waals surface area contributed by atoms with Gasteiger partial charge in [0, 0.05) is 39.3 Å². The lowest BCUT2D eigenvalue weighted by atomic mass is 10.0. The molecule has 0 N–H and O–H groups in total. The summed E-state index contributed by atoms with van der Waals surface area (Å²) >= 11 is 1.09. The molecule has 2 aliphatic rings. The number of piperazine rings is 1. The molecular weight excluding hydrogens is 410 g/mol. The summed E-state index contributed by atoms with van der Waals surface area (Å²) < 4.78 is 33.0. The van der Waals surface area contributed by atoms with Gasteiger partial charge >= 0.3 is 0 Å². The van der Waals surface area contributed by atoms with Crippen LogP contribution in [0.2, 0.25) is 0 Å². The van der Waals surface area contributed by atoms with Crippen LogP contribution in [-0.2, 0) is 16.6 Å². The zero-order valence-corrected chi connectivity index (χ0v) is 18.3. The van der Waals surface area contributed by atoms with Crippen molar-refractivity contribution in [3.05, 3.63) is 41.2 Å². The Balaban J connectivity index is 1.36. The average Bonchev–Trinajstić information content (AvgIpc) is 3.41. The molecule has 0 saturated carbocycles. The first-order chi connectivity index (χ1) is 13.9. The molecule has 0 spiro atoms. The second kappa shape index (κ2) is 8.59. The fourth-order valence-electron chi connectivity index (χ4n) is 3.81. The molecule has 4 rings (SSSR count). The molecule has 2 fully saturated rings. The van der Waals surface area contributed by atoms with E-state index in [0.29, 0.717) is 37.0 Å². The van der Waals surface area contributed by atoms with E-state index in [-0.39, 0.29) is 10.1 Å². The van der Waals surface area contributed by atoms with Gasteiger partial charge in [0.05, 0.1) is 17.7 Å². The number of hydrogen-bond acceptors (Lipinski definition) is 6. The number of piperidine rings is 1. The van der Waals surface area contributed by atoms with Gasteiger partial charge in [0.25, 0.3) is 15.9 Å². The Hall–Kier alpha value is -1.68. The third-order valence-electron chi connectivity index (χ3n) is 5.75. The summed E-state index contributed by atoms with van der Waals surface area (Å²) in [4.78, 5) is 17.4. The summed E-state index contributed by atoms with van der Waals surface area (Å²) in [6.07, 6.45) is 3.44. The molecule has 4 heterocycles. The Bertz CT molecular complexity index is 923. The summed E-state index contributed by atoms with van der Waals surface area (Å²) in [5.41, 5.74) is 0. The minimum atomic E-state index is -3.50. The van der Waals surface area contributed by atoms with Gasteiger partial charge in [0.1, 0.15) is 9.97 Å². The molecule has 0 unspecified atom stereocenters. The highest BCUT2D eigenvalue weighted by Crippen LogP contribution is 2.29. The molecule has 7 nitrogen and oxygen atoms in total. The van der Waals surface area contributed by atoms with Crippen LogP contribution < -0.4 is 0 Å². The molecule has 2 aromatic rings. The van der Waals surface area contributed by atoms with Gasteiger partial charge < -0.3 is 9.32 Å². The van der Waals surface area contributed by atoms with Crippen molar-refractivity contribution in [3.8, 4) is 0 Å². The fourth-order valence-corrected chi connectivity index (χ4v) is 6.71.